The van der Waals surface area contributed by atoms with E-state index in [0.29, 0.717) is 12.0 Å². The molecule has 1 aromatic heterocycles. The summed E-state index contributed by atoms with van der Waals surface area (Å²) in [4.78, 5) is 0. The largest absolute Gasteiger partial charge is 0.380 e. The quantitative estimate of drug-likeness (QED) is 0.789. The summed E-state index contributed by atoms with van der Waals surface area (Å²) in [6, 6.07) is 3.88. The Labute approximate surface area is 127 Å². The molecule has 8 nitrogen and oxygen atoms in total. The summed E-state index contributed by atoms with van der Waals surface area (Å²) in [5, 5.41) is 13.2. The van der Waals surface area contributed by atoms with Gasteiger partial charge in [-0.3, -0.25) is 4.72 Å². The minimum Gasteiger partial charge on any atom is -0.380 e. The Morgan fingerprint density at radius 2 is 2.23 bits per heavy atom. The highest BCUT2D eigenvalue weighted by atomic mass is 32.2. The molecule has 0 spiro atoms. The van der Waals surface area contributed by atoms with E-state index in [1.54, 1.807) is 6.92 Å². The number of rotatable bonds is 7. The molecular formula is C12H16FN5O3S. The second kappa shape index (κ2) is 6.79. The number of aromatic nitrogens is 4. The Morgan fingerprint density at radius 1 is 1.45 bits per heavy atom. The lowest BCUT2D eigenvalue weighted by Crippen LogP contribution is -2.27. The van der Waals surface area contributed by atoms with Gasteiger partial charge in [0.1, 0.15) is 5.82 Å². The number of anilines is 1. The number of H-pyrrole nitrogens is 1. The van der Waals surface area contributed by atoms with E-state index < -0.39 is 21.9 Å². The van der Waals surface area contributed by atoms with Crippen LogP contribution in [0.2, 0.25) is 0 Å². The molecule has 0 aliphatic carbocycles. The summed E-state index contributed by atoms with van der Waals surface area (Å²) < 4.78 is 45.2. The molecular weight excluding hydrogens is 313 g/mol. The second-order valence-electron chi connectivity index (χ2n) is 4.58. The first kappa shape index (κ1) is 16.3. The van der Waals surface area contributed by atoms with Crippen molar-refractivity contribution in [2.24, 2.45) is 0 Å². The molecule has 0 bridgehead atoms. The first-order chi connectivity index (χ1) is 10.4. The summed E-state index contributed by atoms with van der Waals surface area (Å²) in [6.45, 7) is 1.81. The summed E-state index contributed by atoms with van der Waals surface area (Å²) in [5.74, 6) is -0.712. The first-order valence-corrected chi connectivity index (χ1v) is 8.17. The molecule has 2 rings (SSSR count). The van der Waals surface area contributed by atoms with E-state index in [0.717, 1.165) is 6.07 Å². The van der Waals surface area contributed by atoms with Crippen LogP contribution >= 0.6 is 0 Å². The lowest BCUT2D eigenvalue weighted by molar-refractivity contribution is 0.117. The van der Waals surface area contributed by atoms with Crippen molar-refractivity contribution in [2.75, 3.05) is 17.6 Å². The highest BCUT2D eigenvalue weighted by Crippen LogP contribution is 2.23. The van der Waals surface area contributed by atoms with Crippen LogP contribution in [0.5, 0.6) is 0 Å². The zero-order chi connectivity index (χ0) is 16.2. The number of methoxy groups -OCH3 is 1. The average Bonchev–Trinajstić information content (AvgIpc) is 3.01. The maximum absolute atomic E-state index is 13.8. The van der Waals surface area contributed by atoms with Gasteiger partial charge in [-0.1, -0.05) is 6.92 Å². The Morgan fingerprint density at radius 3 is 2.82 bits per heavy atom. The summed E-state index contributed by atoms with van der Waals surface area (Å²) in [7, 11) is -2.31. The van der Waals surface area contributed by atoms with E-state index in [2.05, 4.69) is 25.3 Å². The van der Waals surface area contributed by atoms with Crippen molar-refractivity contribution in [3.05, 3.63) is 24.0 Å². The molecule has 1 aromatic carbocycles. The number of sulfonamides is 1. The highest BCUT2D eigenvalue weighted by molar-refractivity contribution is 7.92. The molecule has 0 fully saturated rings. The van der Waals surface area contributed by atoms with Crippen molar-refractivity contribution in [3.8, 4) is 11.4 Å². The Kier molecular flexibility index (Phi) is 5.03. The predicted octanol–water partition coefficient (Wildman–Crippen LogP) is 1.17. The molecule has 0 aliphatic heterocycles. The smallest absolute Gasteiger partial charge is 0.235 e. The fourth-order valence-electron chi connectivity index (χ4n) is 1.83. The van der Waals surface area contributed by atoms with E-state index in [-0.39, 0.29) is 17.3 Å². The summed E-state index contributed by atoms with van der Waals surface area (Å²) in [6.07, 6.45) is 0.0731. The van der Waals surface area contributed by atoms with Gasteiger partial charge in [-0.2, -0.15) is 5.21 Å². The molecule has 0 amide bonds. The second-order valence-corrected chi connectivity index (χ2v) is 6.35. The van der Waals surface area contributed by atoms with Gasteiger partial charge in [0.25, 0.3) is 0 Å². The Balaban J connectivity index is 2.23. The van der Waals surface area contributed by atoms with Crippen LogP contribution in [0.1, 0.15) is 13.3 Å². The number of aromatic amines is 1. The molecule has 0 saturated heterocycles. The number of halogens is 1. The number of benzene rings is 1. The van der Waals surface area contributed by atoms with E-state index in [4.69, 9.17) is 4.74 Å². The number of ether oxygens (including phenoxy) is 1. The molecule has 1 heterocycles. The van der Waals surface area contributed by atoms with Crippen LogP contribution in [0, 0.1) is 5.82 Å². The third-order valence-electron chi connectivity index (χ3n) is 3.03. The van der Waals surface area contributed by atoms with Gasteiger partial charge < -0.3 is 4.74 Å². The van der Waals surface area contributed by atoms with Gasteiger partial charge in [0.15, 0.2) is 0 Å². The monoisotopic (exact) mass is 329 g/mol. The number of hydrogen-bond donors (Lipinski definition) is 2. The molecule has 0 radical (unpaired) electrons. The van der Waals surface area contributed by atoms with Crippen LogP contribution < -0.4 is 4.72 Å². The van der Waals surface area contributed by atoms with Gasteiger partial charge in [-0.05, 0) is 29.8 Å². The SMILES string of the molecule is CC[C@@H](CS(=O)(=O)Nc1cc(-c2nn[nH]n2)ccc1F)OC. The maximum atomic E-state index is 13.8. The lowest BCUT2D eigenvalue weighted by Gasteiger charge is -2.15. The van der Waals surface area contributed by atoms with Gasteiger partial charge >= 0.3 is 0 Å². The third-order valence-corrected chi connectivity index (χ3v) is 4.37. The lowest BCUT2D eigenvalue weighted by atomic mass is 10.2. The van der Waals surface area contributed by atoms with Crippen LogP contribution in [0.3, 0.4) is 0 Å². The van der Waals surface area contributed by atoms with Crippen molar-refractivity contribution in [2.45, 2.75) is 19.4 Å². The van der Waals surface area contributed by atoms with Gasteiger partial charge in [0, 0.05) is 12.7 Å². The number of nitrogens with one attached hydrogen (secondary N) is 2. The third kappa shape index (κ3) is 3.98. The molecule has 0 unspecified atom stereocenters. The van der Waals surface area contributed by atoms with E-state index in [1.165, 1.54) is 19.2 Å². The van der Waals surface area contributed by atoms with Crippen LogP contribution in [-0.2, 0) is 14.8 Å². The standard InChI is InChI=1S/C12H16FN5O3S/c1-3-9(21-2)7-22(19,20)16-11-6-8(4-5-10(11)13)12-14-17-18-15-12/h4-6,9,16H,3,7H2,1-2H3,(H,14,15,17,18)/t9-/m0/s1. The van der Waals surface area contributed by atoms with Crippen molar-refractivity contribution in [1.82, 2.24) is 20.6 Å². The average molecular weight is 329 g/mol. The normalized spacial score (nSPS) is 13.0. The number of hydrogen-bond acceptors (Lipinski definition) is 6. The zero-order valence-corrected chi connectivity index (χ0v) is 12.9. The minimum absolute atomic E-state index is 0.173. The van der Waals surface area contributed by atoms with E-state index >= 15 is 0 Å². The van der Waals surface area contributed by atoms with Crippen LogP contribution in [0.4, 0.5) is 10.1 Å². The predicted molar refractivity (Wildman–Crippen MR) is 78.1 cm³/mol. The van der Waals surface area contributed by atoms with Gasteiger partial charge in [-0.15, -0.1) is 10.2 Å². The highest BCUT2D eigenvalue weighted by Gasteiger charge is 2.19. The molecule has 10 heteroatoms. The Hall–Kier alpha value is -2.07. The van der Waals surface area contributed by atoms with Crippen LogP contribution in [0.25, 0.3) is 11.4 Å². The topological polar surface area (TPSA) is 110 Å². The van der Waals surface area contributed by atoms with Gasteiger partial charge in [0.05, 0.1) is 17.5 Å². The van der Waals surface area contributed by atoms with Crippen LogP contribution in [-0.4, -0.2) is 48.0 Å². The Bertz CT molecular complexity index is 716. The molecule has 0 aliphatic rings. The number of nitrogens with zero attached hydrogens (tertiary/aromatic N) is 3. The fraction of sp³-hybridized carbons (Fsp3) is 0.417. The number of tetrazole rings is 1. The van der Waals surface area contributed by atoms with Gasteiger partial charge in [0.2, 0.25) is 15.8 Å². The van der Waals surface area contributed by atoms with Crippen molar-refractivity contribution in [3.63, 3.8) is 0 Å². The van der Waals surface area contributed by atoms with Crippen molar-refractivity contribution >= 4 is 15.7 Å². The van der Waals surface area contributed by atoms with E-state index in [9.17, 15) is 12.8 Å². The van der Waals surface area contributed by atoms with E-state index in [1.807, 2.05) is 0 Å². The van der Waals surface area contributed by atoms with Gasteiger partial charge in [-0.25, -0.2) is 12.8 Å². The molecule has 120 valence electrons. The molecule has 0 saturated carbocycles. The maximum Gasteiger partial charge on any atom is 0.235 e. The fourth-order valence-corrected chi connectivity index (χ4v) is 3.27. The molecule has 2 N–H and O–H groups in total. The minimum atomic E-state index is -3.75. The zero-order valence-electron chi connectivity index (χ0n) is 12.1. The first-order valence-electron chi connectivity index (χ1n) is 6.52. The van der Waals surface area contributed by atoms with Crippen molar-refractivity contribution < 1.29 is 17.5 Å². The molecule has 22 heavy (non-hydrogen) atoms. The summed E-state index contributed by atoms with van der Waals surface area (Å²) >= 11 is 0. The molecule has 2 aromatic rings. The van der Waals surface area contributed by atoms with Crippen molar-refractivity contribution in [1.29, 1.82) is 0 Å². The summed E-state index contributed by atoms with van der Waals surface area (Å²) in [5.41, 5.74) is 0.264. The van der Waals surface area contributed by atoms with Crippen LogP contribution in [0.15, 0.2) is 18.2 Å². The molecule has 1 atom stereocenters.